The molecular weight excluding hydrogens is 242 g/mol. The SMILES string of the molecule is O=c1cc(N2CCOCC2)cc(N2CCCCC2)[nH]1. The van der Waals surface area contributed by atoms with Crippen molar-refractivity contribution < 1.29 is 4.74 Å². The summed E-state index contributed by atoms with van der Waals surface area (Å²) in [5, 5.41) is 0. The largest absolute Gasteiger partial charge is 0.378 e. The van der Waals surface area contributed by atoms with Crippen molar-refractivity contribution in [3.63, 3.8) is 0 Å². The van der Waals surface area contributed by atoms with Crippen LogP contribution in [0.1, 0.15) is 19.3 Å². The minimum absolute atomic E-state index is 0.00966. The van der Waals surface area contributed by atoms with Crippen LogP contribution < -0.4 is 15.4 Å². The van der Waals surface area contributed by atoms with Gasteiger partial charge in [0.2, 0.25) is 0 Å². The number of piperidine rings is 1. The average molecular weight is 263 g/mol. The zero-order valence-electron chi connectivity index (χ0n) is 11.2. The fourth-order valence-corrected chi connectivity index (χ4v) is 2.82. The van der Waals surface area contributed by atoms with E-state index < -0.39 is 0 Å². The zero-order valence-corrected chi connectivity index (χ0v) is 11.2. The van der Waals surface area contributed by atoms with Crippen LogP contribution in [0, 0.1) is 0 Å². The molecule has 1 N–H and O–H groups in total. The van der Waals surface area contributed by atoms with E-state index in [1.807, 2.05) is 0 Å². The van der Waals surface area contributed by atoms with Crippen LogP contribution >= 0.6 is 0 Å². The first-order chi connectivity index (χ1) is 9.33. The van der Waals surface area contributed by atoms with Crippen LogP contribution in [-0.2, 0) is 4.74 Å². The predicted molar refractivity (Wildman–Crippen MR) is 76.2 cm³/mol. The molecule has 1 aromatic heterocycles. The molecule has 19 heavy (non-hydrogen) atoms. The van der Waals surface area contributed by atoms with E-state index in [4.69, 9.17) is 4.74 Å². The standard InChI is InChI=1S/C14H21N3O2/c18-14-11-12(16-6-8-19-9-7-16)10-13(15-14)17-4-2-1-3-5-17/h10-11H,1-9H2,(H,15,18). The van der Waals surface area contributed by atoms with Gasteiger partial charge in [-0.3, -0.25) is 4.79 Å². The molecule has 0 radical (unpaired) electrons. The third-order valence-corrected chi connectivity index (χ3v) is 3.89. The number of aromatic nitrogens is 1. The molecule has 0 saturated carbocycles. The Labute approximate surface area is 113 Å². The van der Waals surface area contributed by atoms with Gasteiger partial charge in [0.25, 0.3) is 5.56 Å². The molecule has 2 fully saturated rings. The summed E-state index contributed by atoms with van der Waals surface area (Å²) >= 11 is 0. The smallest absolute Gasteiger partial charge is 0.251 e. The van der Waals surface area contributed by atoms with E-state index in [-0.39, 0.29) is 5.56 Å². The monoisotopic (exact) mass is 263 g/mol. The molecule has 104 valence electrons. The van der Waals surface area contributed by atoms with Gasteiger partial charge in [-0.2, -0.15) is 0 Å². The molecule has 0 spiro atoms. The van der Waals surface area contributed by atoms with Crippen molar-refractivity contribution in [2.45, 2.75) is 19.3 Å². The maximum absolute atomic E-state index is 11.9. The molecule has 0 unspecified atom stereocenters. The van der Waals surface area contributed by atoms with Crippen LogP contribution in [-0.4, -0.2) is 44.4 Å². The lowest BCUT2D eigenvalue weighted by Gasteiger charge is -2.31. The number of nitrogens with zero attached hydrogens (tertiary/aromatic N) is 2. The Morgan fingerprint density at radius 1 is 0.947 bits per heavy atom. The molecule has 1 aromatic rings. The molecule has 2 saturated heterocycles. The molecule has 0 aliphatic carbocycles. The van der Waals surface area contributed by atoms with Crippen molar-refractivity contribution in [3.05, 3.63) is 22.5 Å². The lowest BCUT2D eigenvalue weighted by molar-refractivity contribution is 0.122. The van der Waals surface area contributed by atoms with Gasteiger partial charge >= 0.3 is 0 Å². The number of pyridine rings is 1. The molecule has 2 aliphatic rings. The highest BCUT2D eigenvalue weighted by Gasteiger charge is 2.16. The predicted octanol–water partition coefficient (Wildman–Crippen LogP) is 1.20. The molecule has 5 heteroatoms. The van der Waals surface area contributed by atoms with Crippen LogP contribution in [0.15, 0.2) is 16.9 Å². The molecule has 0 aromatic carbocycles. The average Bonchev–Trinajstić information content (AvgIpc) is 2.48. The Morgan fingerprint density at radius 2 is 1.68 bits per heavy atom. The minimum atomic E-state index is -0.00966. The number of hydrogen-bond donors (Lipinski definition) is 1. The molecule has 0 bridgehead atoms. The summed E-state index contributed by atoms with van der Waals surface area (Å²) in [6, 6.07) is 3.80. The summed E-state index contributed by atoms with van der Waals surface area (Å²) in [6.45, 7) is 5.30. The topological polar surface area (TPSA) is 48.6 Å². The molecule has 3 rings (SSSR count). The second-order valence-corrected chi connectivity index (χ2v) is 5.24. The van der Waals surface area contributed by atoms with Crippen LogP contribution in [0.5, 0.6) is 0 Å². The summed E-state index contributed by atoms with van der Waals surface area (Å²) in [5.74, 6) is 0.966. The van der Waals surface area contributed by atoms with Gasteiger partial charge in [0.15, 0.2) is 0 Å². The van der Waals surface area contributed by atoms with Crippen molar-refractivity contribution in [3.8, 4) is 0 Å². The highest BCUT2D eigenvalue weighted by molar-refractivity contribution is 5.55. The number of ether oxygens (including phenoxy) is 1. The molecular formula is C14H21N3O2. The number of morpholine rings is 1. The van der Waals surface area contributed by atoms with Crippen LogP contribution in [0.3, 0.4) is 0 Å². The van der Waals surface area contributed by atoms with Gasteiger partial charge in [-0.1, -0.05) is 0 Å². The zero-order chi connectivity index (χ0) is 13.1. The Hall–Kier alpha value is -1.49. The number of rotatable bonds is 2. The fraction of sp³-hybridized carbons (Fsp3) is 0.643. The Balaban J connectivity index is 1.84. The minimum Gasteiger partial charge on any atom is -0.378 e. The Bertz CT molecular complexity index is 435. The molecule has 0 atom stereocenters. The number of H-pyrrole nitrogens is 1. The van der Waals surface area contributed by atoms with Crippen molar-refractivity contribution in [1.29, 1.82) is 0 Å². The third kappa shape index (κ3) is 2.92. The lowest BCUT2D eigenvalue weighted by Crippen LogP contribution is -2.37. The van der Waals surface area contributed by atoms with Gasteiger partial charge in [-0.15, -0.1) is 0 Å². The summed E-state index contributed by atoms with van der Waals surface area (Å²) in [7, 11) is 0. The molecule has 3 heterocycles. The summed E-state index contributed by atoms with van der Waals surface area (Å²) < 4.78 is 5.36. The summed E-state index contributed by atoms with van der Waals surface area (Å²) in [4.78, 5) is 19.3. The van der Waals surface area contributed by atoms with Crippen molar-refractivity contribution in [1.82, 2.24) is 4.98 Å². The first-order valence-corrected chi connectivity index (χ1v) is 7.15. The maximum Gasteiger partial charge on any atom is 0.251 e. The Morgan fingerprint density at radius 3 is 2.42 bits per heavy atom. The second-order valence-electron chi connectivity index (χ2n) is 5.24. The highest BCUT2D eigenvalue weighted by Crippen LogP contribution is 2.22. The van der Waals surface area contributed by atoms with Gasteiger partial charge < -0.3 is 19.5 Å². The highest BCUT2D eigenvalue weighted by atomic mass is 16.5. The number of nitrogens with one attached hydrogen (secondary N) is 1. The first-order valence-electron chi connectivity index (χ1n) is 7.15. The van der Waals surface area contributed by atoms with Gasteiger partial charge in [0, 0.05) is 44.0 Å². The van der Waals surface area contributed by atoms with Crippen molar-refractivity contribution in [2.75, 3.05) is 49.2 Å². The number of aromatic amines is 1. The van der Waals surface area contributed by atoms with E-state index in [1.54, 1.807) is 6.07 Å². The Kier molecular flexibility index (Phi) is 3.73. The first kappa shape index (κ1) is 12.5. The molecule has 2 aliphatic heterocycles. The van der Waals surface area contributed by atoms with E-state index >= 15 is 0 Å². The summed E-state index contributed by atoms with van der Waals surface area (Å²) in [5.41, 5.74) is 1.01. The van der Waals surface area contributed by atoms with Gasteiger partial charge in [-0.05, 0) is 19.3 Å². The van der Waals surface area contributed by atoms with E-state index in [2.05, 4.69) is 20.9 Å². The second kappa shape index (κ2) is 5.65. The van der Waals surface area contributed by atoms with Crippen LogP contribution in [0.4, 0.5) is 11.5 Å². The van der Waals surface area contributed by atoms with E-state index in [0.29, 0.717) is 0 Å². The van der Waals surface area contributed by atoms with Crippen molar-refractivity contribution >= 4 is 11.5 Å². The van der Waals surface area contributed by atoms with Crippen molar-refractivity contribution in [2.24, 2.45) is 0 Å². The molecule has 0 amide bonds. The van der Waals surface area contributed by atoms with E-state index in [1.165, 1.54) is 19.3 Å². The van der Waals surface area contributed by atoms with Gasteiger partial charge in [0.05, 0.1) is 13.2 Å². The number of anilines is 2. The third-order valence-electron chi connectivity index (χ3n) is 3.89. The van der Waals surface area contributed by atoms with E-state index in [0.717, 1.165) is 50.9 Å². The van der Waals surface area contributed by atoms with Gasteiger partial charge in [-0.25, -0.2) is 0 Å². The summed E-state index contributed by atoms with van der Waals surface area (Å²) in [6.07, 6.45) is 3.72. The molecule has 5 nitrogen and oxygen atoms in total. The van der Waals surface area contributed by atoms with Gasteiger partial charge in [0.1, 0.15) is 5.82 Å². The van der Waals surface area contributed by atoms with Crippen LogP contribution in [0.25, 0.3) is 0 Å². The fourth-order valence-electron chi connectivity index (χ4n) is 2.82. The van der Waals surface area contributed by atoms with E-state index in [9.17, 15) is 4.79 Å². The normalized spacial score (nSPS) is 20.6. The maximum atomic E-state index is 11.9. The lowest BCUT2D eigenvalue weighted by atomic mass is 10.1. The number of hydrogen-bond acceptors (Lipinski definition) is 4. The quantitative estimate of drug-likeness (QED) is 0.871. The van der Waals surface area contributed by atoms with Crippen LogP contribution in [0.2, 0.25) is 0 Å².